The number of benzene rings is 1. The first-order valence-electron chi connectivity index (χ1n) is 6.36. The Hall–Kier alpha value is -1.55. The lowest BCUT2D eigenvalue weighted by Crippen LogP contribution is -2.31. The van der Waals surface area contributed by atoms with E-state index in [1.165, 1.54) is 5.56 Å². The third kappa shape index (κ3) is 3.01. The van der Waals surface area contributed by atoms with Crippen LogP contribution < -0.4 is 4.74 Å². The molecule has 1 aliphatic rings. The van der Waals surface area contributed by atoms with E-state index >= 15 is 0 Å². The van der Waals surface area contributed by atoms with Crippen LogP contribution >= 0.6 is 0 Å². The summed E-state index contributed by atoms with van der Waals surface area (Å²) in [5, 5.41) is 8.73. The van der Waals surface area contributed by atoms with Crippen LogP contribution in [-0.2, 0) is 4.79 Å². The Morgan fingerprint density at radius 2 is 2.28 bits per heavy atom. The standard InChI is InChI=1S/C14H19NO3/c1-2-15(8-7-14(16)17)9-11-10-18-13-6-4-3-5-12(11)13/h3-6,11H,2,7-10H2,1H3,(H,16,17). The summed E-state index contributed by atoms with van der Waals surface area (Å²) in [6.07, 6.45) is 0.197. The first-order valence-corrected chi connectivity index (χ1v) is 6.36. The summed E-state index contributed by atoms with van der Waals surface area (Å²) < 4.78 is 5.64. The molecular formula is C14H19NO3. The van der Waals surface area contributed by atoms with Crippen molar-refractivity contribution in [3.05, 3.63) is 29.8 Å². The molecule has 0 aromatic heterocycles. The Morgan fingerprint density at radius 1 is 1.50 bits per heavy atom. The number of fused-ring (bicyclic) bond motifs is 1. The average molecular weight is 249 g/mol. The van der Waals surface area contributed by atoms with E-state index in [0.29, 0.717) is 19.1 Å². The van der Waals surface area contributed by atoms with Gasteiger partial charge in [0, 0.05) is 24.6 Å². The fourth-order valence-electron chi connectivity index (χ4n) is 2.32. The zero-order chi connectivity index (χ0) is 13.0. The van der Waals surface area contributed by atoms with Crippen molar-refractivity contribution in [2.24, 2.45) is 0 Å². The van der Waals surface area contributed by atoms with E-state index < -0.39 is 5.97 Å². The van der Waals surface area contributed by atoms with Gasteiger partial charge in [-0.2, -0.15) is 0 Å². The molecule has 0 aliphatic carbocycles. The summed E-state index contributed by atoms with van der Waals surface area (Å²) in [6, 6.07) is 8.08. The van der Waals surface area contributed by atoms with Crippen molar-refractivity contribution in [1.82, 2.24) is 4.90 Å². The maximum Gasteiger partial charge on any atom is 0.304 e. The molecule has 1 aromatic rings. The number of hydrogen-bond donors (Lipinski definition) is 1. The van der Waals surface area contributed by atoms with Crippen LogP contribution in [0.4, 0.5) is 0 Å². The molecule has 1 aromatic carbocycles. The molecule has 1 N–H and O–H groups in total. The van der Waals surface area contributed by atoms with Gasteiger partial charge in [-0.3, -0.25) is 4.79 Å². The van der Waals surface area contributed by atoms with Crippen molar-refractivity contribution in [2.75, 3.05) is 26.2 Å². The highest BCUT2D eigenvalue weighted by Gasteiger charge is 2.25. The number of likely N-dealkylation sites (N-methyl/N-ethyl adjacent to an activating group) is 1. The minimum Gasteiger partial charge on any atom is -0.493 e. The van der Waals surface area contributed by atoms with E-state index in [4.69, 9.17) is 9.84 Å². The van der Waals surface area contributed by atoms with Crippen molar-refractivity contribution in [1.29, 1.82) is 0 Å². The van der Waals surface area contributed by atoms with Gasteiger partial charge < -0.3 is 14.7 Å². The zero-order valence-electron chi connectivity index (χ0n) is 10.6. The maximum atomic E-state index is 10.6. The lowest BCUT2D eigenvalue weighted by molar-refractivity contribution is -0.137. The van der Waals surface area contributed by atoms with Crippen molar-refractivity contribution in [3.63, 3.8) is 0 Å². The number of rotatable bonds is 6. The predicted octanol–water partition coefficient (Wildman–Crippen LogP) is 1.96. The first kappa shape index (κ1) is 12.9. The molecule has 0 spiro atoms. The molecule has 1 aliphatic heterocycles. The molecule has 2 rings (SSSR count). The molecule has 98 valence electrons. The lowest BCUT2D eigenvalue weighted by atomic mass is 10.0. The first-order chi connectivity index (χ1) is 8.70. The highest BCUT2D eigenvalue weighted by Crippen LogP contribution is 2.33. The van der Waals surface area contributed by atoms with Gasteiger partial charge in [-0.15, -0.1) is 0 Å². The molecule has 4 nitrogen and oxygen atoms in total. The Balaban J connectivity index is 1.95. The van der Waals surface area contributed by atoms with E-state index in [2.05, 4.69) is 17.9 Å². The Kier molecular flexibility index (Phi) is 4.20. The zero-order valence-corrected chi connectivity index (χ0v) is 10.6. The van der Waals surface area contributed by atoms with E-state index in [1.807, 2.05) is 18.2 Å². The average Bonchev–Trinajstić information content (AvgIpc) is 2.77. The highest BCUT2D eigenvalue weighted by molar-refractivity contribution is 5.66. The van der Waals surface area contributed by atoms with Crippen LogP contribution in [0, 0.1) is 0 Å². The molecule has 0 bridgehead atoms. The number of carboxylic acids is 1. The summed E-state index contributed by atoms with van der Waals surface area (Å²) in [5.74, 6) is 0.586. The van der Waals surface area contributed by atoms with Gasteiger partial charge in [0.2, 0.25) is 0 Å². The number of para-hydroxylation sites is 1. The maximum absolute atomic E-state index is 10.6. The molecule has 0 fully saturated rings. The minimum absolute atomic E-state index is 0.197. The Bertz CT molecular complexity index is 419. The van der Waals surface area contributed by atoms with Gasteiger partial charge in [0.05, 0.1) is 13.0 Å². The Labute approximate surface area is 107 Å². The number of ether oxygens (including phenoxy) is 1. The fraction of sp³-hybridized carbons (Fsp3) is 0.500. The van der Waals surface area contributed by atoms with Crippen LogP contribution in [0.2, 0.25) is 0 Å². The molecule has 0 amide bonds. The quantitative estimate of drug-likeness (QED) is 0.837. The monoisotopic (exact) mass is 249 g/mol. The van der Waals surface area contributed by atoms with E-state index in [9.17, 15) is 4.79 Å². The summed E-state index contributed by atoms with van der Waals surface area (Å²) in [4.78, 5) is 12.8. The van der Waals surface area contributed by atoms with Gasteiger partial charge in [0.15, 0.2) is 0 Å². The van der Waals surface area contributed by atoms with Crippen LogP contribution in [0.1, 0.15) is 24.8 Å². The second-order valence-electron chi connectivity index (χ2n) is 4.58. The minimum atomic E-state index is -0.739. The van der Waals surface area contributed by atoms with Crippen molar-refractivity contribution in [2.45, 2.75) is 19.3 Å². The van der Waals surface area contributed by atoms with Gasteiger partial charge in [-0.25, -0.2) is 0 Å². The van der Waals surface area contributed by atoms with Gasteiger partial charge in [-0.05, 0) is 12.6 Å². The van der Waals surface area contributed by atoms with Gasteiger partial charge in [0.1, 0.15) is 5.75 Å². The SMILES string of the molecule is CCN(CCC(=O)O)CC1COc2ccccc21. The molecule has 4 heteroatoms. The van der Waals surface area contributed by atoms with Crippen LogP contribution in [0.5, 0.6) is 5.75 Å². The Morgan fingerprint density at radius 3 is 3.00 bits per heavy atom. The van der Waals surface area contributed by atoms with Crippen molar-refractivity contribution >= 4 is 5.97 Å². The predicted molar refractivity (Wildman–Crippen MR) is 69.0 cm³/mol. The largest absolute Gasteiger partial charge is 0.493 e. The van der Waals surface area contributed by atoms with Crippen LogP contribution in [0.15, 0.2) is 24.3 Å². The van der Waals surface area contributed by atoms with Gasteiger partial charge in [-0.1, -0.05) is 25.1 Å². The summed E-state index contributed by atoms with van der Waals surface area (Å²) in [6.45, 7) is 5.09. The van der Waals surface area contributed by atoms with E-state index in [1.54, 1.807) is 0 Å². The molecule has 0 radical (unpaired) electrons. The molecule has 0 saturated heterocycles. The molecule has 0 saturated carbocycles. The van der Waals surface area contributed by atoms with Crippen molar-refractivity contribution < 1.29 is 14.6 Å². The third-order valence-electron chi connectivity index (χ3n) is 3.37. The van der Waals surface area contributed by atoms with E-state index in [0.717, 1.165) is 18.8 Å². The normalized spacial score (nSPS) is 17.6. The lowest BCUT2D eigenvalue weighted by Gasteiger charge is -2.22. The number of nitrogens with zero attached hydrogens (tertiary/aromatic N) is 1. The van der Waals surface area contributed by atoms with Crippen molar-refractivity contribution in [3.8, 4) is 5.75 Å². The number of carboxylic acid groups (broad SMARTS) is 1. The fourth-order valence-corrected chi connectivity index (χ4v) is 2.32. The number of carbonyl (C=O) groups is 1. The molecule has 1 heterocycles. The molecular weight excluding hydrogens is 230 g/mol. The highest BCUT2D eigenvalue weighted by atomic mass is 16.5. The summed E-state index contributed by atoms with van der Waals surface area (Å²) in [7, 11) is 0. The molecule has 1 unspecified atom stereocenters. The van der Waals surface area contributed by atoms with E-state index in [-0.39, 0.29) is 6.42 Å². The van der Waals surface area contributed by atoms with Crippen LogP contribution in [0.3, 0.4) is 0 Å². The number of aliphatic carboxylic acids is 1. The smallest absolute Gasteiger partial charge is 0.304 e. The molecule has 1 atom stereocenters. The summed E-state index contributed by atoms with van der Waals surface area (Å²) in [5.41, 5.74) is 1.24. The molecule has 18 heavy (non-hydrogen) atoms. The third-order valence-corrected chi connectivity index (χ3v) is 3.37. The van der Waals surface area contributed by atoms with Gasteiger partial charge >= 0.3 is 5.97 Å². The second-order valence-corrected chi connectivity index (χ2v) is 4.58. The van der Waals surface area contributed by atoms with Crippen LogP contribution in [0.25, 0.3) is 0 Å². The number of hydrogen-bond acceptors (Lipinski definition) is 3. The van der Waals surface area contributed by atoms with Crippen LogP contribution in [-0.4, -0.2) is 42.2 Å². The second kappa shape index (κ2) is 5.87. The van der Waals surface area contributed by atoms with Gasteiger partial charge in [0.25, 0.3) is 0 Å². The summed E-state index contributed by atoms with van der Waals surface area (Å²) >= 11 is 0. The topological polar surface area (TPSA) is 49.8 Å².